The van der Waals surface area contributed by atoms with Gasteiger partial charge in [0.1, 0.15) is 0 Å². The molecule has 2 N–H and O–H groups in total. The van der Waals surface area contributed by atoms with E-state index >= 15 is 0 Å². The van der Waals surface area contributed by atoms with Crippen LogP contribution in [0.3, 0.4) is 0 Å². The lowest BCUT2D eigenvalue weighted by molar-refractivity contribution is -0.0886. The lowest BCUT2D eigenvalue weighted by atomic mass is 9.72. The number of piperidine rings is 1. The van der Waals surface area contributed by atoms with E-state index in [4.69, 9.17) is 0 Å². The Bertz CT molecular complexity index is 1010. The number of halogens is 3. The normalized spacial score (nSPS) is 23.5. The number of alkyl halides is 3. The fourth-order valence-electron chi connectivity index (χ4n) is 5.26. The first-order valence-electron chi connectivity index (χ1n) is 10.7. The second-order valence-electron chi connectivity index (χ2n) is 8.46. The average molecular weight is 436 g/mol. The first kappa shape index (κ1) is 21.7. The maximum Gasteiger partial charge on any atom is 0.454 e. The van der Waals surface area contributed by atoms with Gasteiger partial charge >= 0.3 is 12.2 Å². The molecule has 9 heteroatoms. The number of hydrogen-bond donors (Lipinski definition) is 2. The Labute approximate surface area is 178 Å². The zero-order valence-electron chi connectivity index (χ0n) is 17.8. The first-order valence-corrected chi connectivity index (χ1v) is 10.7. The number of fused-ring (bicyclic) bond motifs is 2. The highest BCUT2D eigenvalue weighted by Crippen LogP contribution is 2.45. The number of rotatable bonds is 4. The van der Waals surface area contributed by atoms with E-state index in [2.05, 4.69) is 15.2 Å². The Morgan fingerprint density at radius 1 is 1.26 bits per heavy atom. The van der Waals surface area contributed by atoms with Crippen molar-refractivity contribution >= 4 is 22.7 Å². The lowest BCUT2D eigenvalue weighted by Crippen LogP contribution is -2.56. The molecule has 3 atom stereocenters. The molecule has 2 aliphatic rings. The van der Waals surface area contributed by atoms with Crippen LogP contribution in [0, 0.1) is 0 Å². The summed E-state index contributed by atoms with van der Waals surface area (Å²) in [5.41, 5.74) is 1.85. The van der Waals surface area contributed by atoms with Crippen LogP contribution in [0.1, 0.15) is 47.7 Å². The van der Waals surface area contributed by atoms with Crippen LogP contribution in [0.4, 0.5) is 18.0 Å². The van der Waals surface area contributed by atoms with E-state index in [0.717, 1.165) is 16.5 Å². The van der Waals surface area contributed by atoms with E-state index in [1.807, 2.05) is 27.1 Å². The number of likely N-dealkylation sites (N-methyl/N-ethyl adjacent to an activating group) is 1. The maximum absolute atomic E-state index is 13.4. The lowest BCUT2D eigenvalue weighted by Gasteiger charge is -2.46. The summed E-state index contributed by atoms with van der Waals surface area (Å²) in [6.45, 7) is 5.56. The van der Waals surface area contributed by atoms with Crippen molar-refractivity contribution in [2.24, 2.45) is 0 Å². The summed E-state index contributed by atoms with van der Waals surface area (Å²) in [7, 11) is 1.93. The highest BCUT2D eigenvalue weighted by Gasteiger charge is 2.46. The molecule has 0 saturated carbocycles. The molecule has 2 amide bonds. The predicted molar refractivity (Wildman–Crippen MR) is 111 cm³/mol. The highest BCUT2D eigenvalue weighted by atomic mass is 19.4. The molecule has 0 bridgehead atoms. The minimum absolute atomic E-state index is 0.0321. The molecule has 1 aliphatic carbocycles. The number of Topliss-reactive ketones (excluding diaryl/α,β-unsaturated/α-hetero) is 1. The number of amides is 2. The van der Waals surface area contributed by atoms with Crippen LogP contribution in [-0.4, -0.2) is 71.5 Å². The number of nitrogens with one attached hydrogen (secondary N) is 2. The van der Waals surface area contributed by atoms with Crippen LogP contribution >= 0.6 is 0 Å². The third-order valence-corrected chi connectivity index (χ3v) is 6.73. The minimum Gasteiger partial charge on any atom is -0.361 e. The molecule has 2 aromatic rings. The van der Waals surface area contributed by atoms with Crippen LogP contribution in [0.25, 0.3) is 10.9 Å². The number of carbonyl (C=O) groups is 2. The van der Waals surface area contributed by atoms with Gasteiger partial charge in [-0.1, -0.05) is 0 Å². The molecule has 1 aliphatic heterocycles. The standard InChI is InChI=1S/C22H27F3N4O2/c1-4-29(5-2)21(31)27-13-9-15-17(28(3)11-13)8-12-10-26-16-7-6-14(19(15)18(12)16)20(30)22(23,24)25/h6-7,10,13,15,17,26H,4-5,8-9,11H2,1-3H3,(H,27,31)/t13-,15-,17+/m0/s1. The van der Waals surface area contributed by atoms with Gasteiger partial charge in [0, 0.05) is 60.3 Å². The van der Waals surface area contributed by atoms with Crippen molar-refractivity contribution in [3.63, 3.8) is 0 Å². The zero-order valence-corrected chi connectivity index (χ0v) is 17.8. The molecule has 0 unspecified atom stereocenters. The molecule has 1 aromatic heterocycles. The van der Waals surface area contributed by atoms with Crippen molar-refractivity contribution in [1.82, 2.24) is 20.1 Å². The number of likely N-dealkylation sites (tertiary alicyclic amines) is 1. The molecule has 168 valence electrons. The molecule has 1 saturated heterocycles. The molecule has 1 fully saturated rings. The summed E-state index contributed by atoms with van der Waals surface area (Å²) in [6.07, 6.45) is -1.93. The largest absolute Gasteiger partial charge is 0.454 e. The zero-order chi connectivity index (χ0) is 22.5. The summed E-state index contributed by atoms with van der Waals surface area (Å²) >= 11 is 0. The van der Waals surface area contributed by atoms with Crippen molar-refractivity contribution < 1.29 is 22.8 Å². The van der Waals surface area contributed by atoms with E-state index < -0.39 is 12.0 Å². The van der Waals surface area contributed by atoms with E-state index in [0.29, 0.717) is 38.0 Å². The molecule has 6 nitrogen and oxygen atoms in total. The molecule has 0 spiro atoms. The van der Waals surface area contributed by atoms with Crippen molar-refractivity contribution in [3.8, 4) is 0 Å². The van der Waals surface area contributed by atoms with Gasteiger partial charge in [0.05, 0.1) is 0 Å². The monoisotopic (exact) mass is 436 g/mol. The predicted octanol–water partition coefficient (Wildman–Crippen LogP) is 3.68. The van der Waals surface area contributed by atoms with Gasteiger partial charge in [-0.05, 0) is 57.0 Å². The third-order valence-electron chi connectivity index (χ3n) is 6.73. The number of benzene rings is 1. The smallest absolute Gasteiger partial charge is 0.361 e. The Morgan fingerprint density at radius 3 is 2.61 bits per heavy atom. The van der Waals surface area contributed by atoms with Crippen molar-refractivity contribution in [1.29, 1.82) is 0 Å². The molecule has 1 aromatic carbocycles. The number of H-pyrrole nitrogens is 1. The SMILES string of the molecule is CCN(CC)C(=O)N[C@H]1C[C@@H]2c3c(C(=O)C(F)(F)F)ccc4[nH]cc(c34)C[C@H]2N(C)C1. The topological polar surface area (TPSA) is 68.4 Å². The molecule has 0 radical (unpaired) electrons. The van der Waals surface area contributed by atoms with Crippen LogP contribution in [0.2, 0.25) is 0 Å². The Hall–Kier alpha value is -2.55. The van der Waals surface area contributed by atoms with Crippen molar-refractivity contribution in [2.45, 2.75) is 50.9 Å². The van der Waals surface area contributed by atoms with Crippen LogP contribution in [0.15, 0.2) is 18.3 Å². The fourth-order valence-corrected chi connectivity index (χ4v) is 5.26. The maximum atomic E-state index is 13.4. The summed E-state index contributed by atoms with van der Waals surface area (Å²) in [5.74, 6) is -2.09. The summed E-state index contributed by atoms with van der Waals surface area (Å²) in [4.78, 5) is 31.8. The number of carbonyl (C=O) groups excluding carboxylic acids is 2. The number of nitrogens with zero attached hydrogens (tertiary/aromatic N) is 2. The van der Waals surface area contributed by atoms with Gasteiger partial charge in [0.15, 0.2) is 0 Å². The van der Waals surface area contributed by atoms with Gasteiger partial charge in [-0.25, -0.2) is 4.79 Å². The molecular formula is C22H27F3N4O2. The fraction of sp³-hybridized carbons (Fsp3) is 0.545. The molecule has 4 rings (SSSR count). The average Bonchev–Trinajstić information content (AvgIpc) is 3.12. The van der Waals surface area contributed by atoms with E-state index in [1.165, 1.54) is 6.07 Å². The Kier molecular flexibility index (Phi) is 5.49. The van der Waals surface area contributed by atoms with Crippen LogP contribution in [-0.2, 0) is 6.42 Å². The van der Waals surface area contributed by atoms with Crippen LogP contribution < -0.4 is 5.32 Å². The number of aromatic nitrogens is 1. The quantitative estimate of drug-likeness (QED) is 0.719. The van der Waals surface area contributed by atoms with Crippen molar-refractivity contribution in [3.05, 3.63) is 35.0 Å². The number of hydrogen-bond acceptors (Lipinski definition) is 3. The van der Waals surface area contributed by atoms with Gasteiger partial charge in [-0.3, -0.25) is 4.79 Å². The van der Waals surface area contributed by atoms with E-state index in [-0.39, 0.29) is 29.6 Å². The molecule has 2 heterocycles. The van der Waals surface area contributed by atoms with Gasteiger partial charge in [-0.15, -0.1) is 0 Å². The second kappa shape index (κ2) is 7.85. The van der Waals surface area contributed by atoms with Crippen LogP contribution in [0.5, 0.6) is 0 Å². The summed E-state index contributed by atoms with van der Waals surface area (Å²) < 4.78 is 40.1. The Morgan fingerprint density at radius 2 is 1.97 bits per heavy atom. The van der Waals surface area contributed by atoms with Crippen molar-refractivity contribution in [2.75, 3.05) is 26.7 Å². The number of ketones is 1. The van der Waals surface area contributed by atoms with Gasteiger partial charge in [0.25, 0.3) is 5.78 Å². The number of urea groups is 1. The number of aromatic amines is 1. The molecular weight excluding hydrogens is 409 g/mol. The van der Waals surface area contributed by atoms with Gasteiger partial charge in [-0.2, -0.15) is 13.2 Å². The first-order chi connectivity index (χ1) is 14.7. The summed E-state index contributed by atoms with van der Waals surface area (Å²) in [6, 6.07) is 2.41. The third kappa shape index (κ3) is 3.69. The molecule has 31 heavy (non-hydrogen) atoms. The Balaban J connectivity index is 1.74. The highest BCUT2D eigenvalue weighted by molar-refractivity contribution is 6.06. The van der Waals surface area contributed by atoms with Gasteiger partial charge in [0.2, 0.25) is 0 Å². The second-order valence-corrected chi connectivity index (χ2v) is 8.46. The minimum atomic E-state index is -4.94. The summed E-state index contributed by atoms with van der Waals surface area (Å²) in [5, 5.41) is 3.77. The van der Waals surface area contributed by atoms with E-state index in [9.17, 15) is 22.8 Å². The van der Waals surface area contributed by atoms with E-state index in [1.54, 1.807) is 11.0 Å². The van der Waals surface area contributed by atoms with Gasteiger partial charge < -0.3 is 20.1 Å².